The lowest BCUT2D eigenvalue weighted by Gasteiger charge is -2.20. The van der Waals surface area contributed by atoms with Gasteiger partial charge in [-0.1, -0.05) is 60.6 Å². The summed E-state index contributed by atoms with van der Waals surface area (Å²) in [5.74, 6) is 1.28. The summed E-state index contributed by atoms with van der Waals surface area (Å²) in [5, 5.41) is 22.7. The summed E-state index contributed by atoms with van der Waals surface area (Å²) in [6.45, 7) is 2.10. The molecule has 2 N–H and O–H groups in total. The van der Waals surface area contributed by atoms with Crippen LogP contribution in [0.3, 0.4) is 0 Å². The average molecular weight is 401 g/mol. The molecule has 138 valence electrons. The largest absolute Gasteiger partial charge is 0.506 e. The minimum atomic E-state index is -0.632. The maximum atomic E-state index is 9.98. The summed E-state index contributed by atoms with van der Waals surface area (Å²) < 4.78 is 6.15. The molecule has 0 fully saturated rings. The van der Waals surface area contributed by atoms with Gasteiger partial charge in [0.05, 0.1) is 5.02 Å². The highest BCUT2D eigenvalue weighted by Gasteiger charge is 2.27. The zero-order valence-electron chi connectivity index (χ0n) is 14.5. The number of ether oxygens (including phenoxy) is 1. The topological polar surface area (TPSA) is 80.2 Å². The van der Waals surface area contributed by atoms with Crippen LogP contribution in [0.5, 0.6) is 11.6 Å². The fraction of sp³-hybridized carbons (Fsp3) is 0.211. The summed E-state index contributed by atoms with van der Waals surface area (Å²) >= 11 is 7.84. The van der Waals surface area contributed by atoms with Crippen molar-refractivity contribution in [3.63, 3.8) is 0 Å². The third-order valence-corrected chi connectivity index (χ3v) is 5.51. The zero-order chi connectivity index (χ0) is 18.8. The van der Waals surface area contributed by atoms with Crippen LogP contribution < -0.4 is 10.1 Å². The van der Waals surface area contributed by atoms with E-state index in [1.807, 2.05) is 24.3 Å². The Morgan fingerprint density at radius 3 is 2.89 bits per heavy atom. The van der Waals surface area contributed by atoms with E-state index in [1.54, 1.807) is 12.1 Å². The van der Waals surface area contributed by atoms with Gasteiger partial charge in [0.25, 0.3) is 0 Å². The summed E-state index contributed by atoms with van der Waals surface area (Å²) in [4.78, 5) is 4.56. The number of fused-ring (bicyclic) bond motifs is 3. The van der Waals surface area contributed by atoms with Gasteiger partial charge in [-0.25, -0.2) is 0 Å². The van der Waals surface area contributed by atoms with Gasteiger partial charge in [0.15, 0.2) is 11.9 Å². The van der Waals surface area contributed by atoms with Crippen molar-refractivity contribution in [3.8, 4) is 22.9 Å². The first-order valence-electron chi connectivity index (χ1n) is 8.55. The van der Waals surface area contributed by atoms with Gasteiger partial charge in [-0.2, -0.15) is 4.98 Å². The maximum absolute atomic E-state index is 9.98. The monoisotopic (exact) mass is 400 g/mol. The average Bonchev–Trinajstić information content (AvgIpc) is 2.84. The molecule has 0 aliphatic carbocycles. The Morgan fingerprint density at radius 1 is 1.19 bits per heavy atom. The van der Waals surface area contributed by atoms with Crippen LogP contribution in [0.1, 0.15) is 25.1 Å². The number of hydrogen-bond donors (Lipinski definition) is 2. The second-order valence-corrected chi connectivity index (χ2v) is 7.40. The Labute approximate surface area is 166 Å². The molecule has 1 aliphatic heterocycles. The number of hydrogen-bond acceptors (Lipinski definition) is 7. The van der Waals surface area contributed by atoms with Crippen molar-refractivity contribution in [2.75, 3.05) is 11.1 Å². The number of anilines is 1. The first kappa shape index (κ1) is 17.9. The number of halogens is 1. The smallest absolute Gasteiger partial charge is 0.247 e. The molecule has 3 aromatic rings. The Bertz CT molecular complexity index is 986. The van der Waals surface area contributed by atoms with Crippen LogP contribution in [0.15, 0.2) is 47.6 Å². The van der Waals surface area contributed by atoms with E-state index in [9.17, 15) is 5.11 Å². The van der Waals surface area contributed by atoms with Crippen molar-refractivity contribution >= 4 is 29.1 Å². The zero-order valence-corrected chi connectivity index (χ0v) is 16.1. The van der Waals surface area contributed by atoms with Crippen molar-refractivity contribution < 1.29 is 9.84 Å². The second-order valence-electron chi connectivity index (χ2n) is 5.96. The number of rotatable bonds is 4. The van der Waals surface area contributed by atoms with Crippen molar-refractivity contribution in [2.45, 2.75) is 24.7 Å². The molecule has 27 heavy (non-hydrogen) atoms. The highest BCUT2D eigenvalue weighted by atomic mass is 35.5. The van der Waals surface area contributed by atoms with E-state index in [1.165, 1.54) is 17.8 Å². The van der Waals surface area contributed by atoms with Gasteiger partial charge in [-0.05, 0) is 18.6 Å². The summed E-state index contributed by atoms with van der Waals surface area (Å²) in [5.41, 5.74) is 2.85. The highest BCUT2D eigenvalue weighted by molar-refractivity contribution is 7.99. The van der Waals surface area contributed by atoms with Gasteiger partial charge >= 0.3 is 0 Å². The molecule has 2 heterocycles. The lowest BCUT2D eigenvalue weighted by Crippen LogP contribution is -2.17. The molecule has 1 unspecified atom stereocenters. The number of thioether (sulfide) groups is 1. The Hall–Kier alpha value is -2.51. The fourth-order valence-electron chi connectivity index (χ4n) is 2.78. The molecule has 0 bridgehead atoms. The predicted octanol–water partition coefficient (Wildman–Crippen LogP) is 4.90. The molecule has 0 amide bonds. The molecule has 4 rings (SSSR count). The predicted molar refractivity (Wildman–Crippen MR) is 106 cm³/mol. The van der Waals surface area contributed by atoms with Crippen molar-refractivity contribution in [3.05, 3.63) is 53.1 Å². The molecule has 0 spiro atoms. The molecule has 0 radical (unpaired) electrons. The number of benzene rings is 2. The molecule has 0 saturated carbocycles. The van der Waals surface area contributed by atoms with E-state index < -0.39 is 6.23 Å². The Balaban J connectivity index is 1.82. The first-order valence-corrected chi connectivity index (χ1v) is 9.91. The lowest BCUT2D eigenvalue weighted by atomic mass is 10.1. The van der Waals surface area contributed by atoms with Gasteiger partial charge < -0.3 is 15.2 Å². The molecule has 1 aliphatic rings. The van der Waals surface area contributed by atoms with Gasteiger partial charge in [0.1, 0.15) is 5.75 Å². The van der Waals surface area contributed by atoms with Crippen LogP contribution in [0.2, 0.25) is 5.02 Å². The van der Waals surface area contributed by atoms with Crippen molar-refractivity contribution in [1.29, 1.82) is 0 Å². The third kappa shape index (κ3) is 3.52. The molecule has 6 nitrogen and oxygen atoms in total. The maximum Gasteiger partial charge on any atom is 0.247 e. The molecule has 0 saturated heterocycles. The van der Waals surface area contributed by atoms with Crippen LogP contribution in [-0.2, 0) is 0 Å². The number of phenols is 1. The summed E-state index contributed by atoms with van der Waals surface area (Å²) in [6, 6.07) is 12.8. The van der Waals surface area contributed by atoms with Crippen LogP contribution in [0, 0.1) is 0 Å². The lowest BCUT2D eigenvalue weighted by molar-refractivity contribution is 0.225. The fourth-order valence-corrected chi connectivity index (χ4v) is 3.64. The molecular weight excluding hydrogens is 384 g/mol. The van der Waals surface area contributed by atoms with Crippen LogP contribution in [-0.4, -0.2) is 26.0 Å². The molecule has 1 aromatic heterocycles. The second kappa shape index (κ2) is 7.62. The number of phenolic OH excluding ortho intramolecular Hbond substituents is 1. The van der Waals surface area contributed by atoms with E-state index in [0.717, 1.165) is 23.4 Å². The third-order valence-electron chi connectivity index (χ3n) is 4.06. The standard InChI is InChI=1S/C19H17ClN4O2S/c1-2-10-27-19-22-18-16(23-24-19)11-6-3-4-8-13(11)21-17(26-18)12-7-5-9-14(25)15(12)20/h3-9,17,21,25H,2,10H2,1H3. The van der Waals surface area contributed by atoms with E-state index in [4.69, 9.17) is 16.3 Å². The molecule has 2 aromatic carbocycles. The quantitative estimate of drug-likeness (QED) is 0.602. The molecular formula is C19H17ClN4O2S. The molecule has 8 heteroatoms. The van der Waals surface area contributed by atoms with Gasteiger partial charge in [-0.3, -0.25) is 0 Å². The molecule has 1 atom stereocenters. The van der Waals surface area contributed by atoms with Gasteiger partial charge in [0, 0.05) is 22.6 Å². The van der Waals surface area contributed by atoms with Gasteiger partial charge in [-0.15, -0.1) is 10.2 Å². The van der Waals surface area contributed by atoms with Crippen molar-refractivity contribution in [1.82, 2.24) is 15.2 Å². The Morgan fingerprint density at radius 2 is 2.04 bits per heavy atom. The highest BCUT2D eigenvalue weighted by Crippen LogP contribution is 2.41. The van der Waals surface area contributed by atoms with Gasteiger partial charge in [0.2, 0.25) is 11.0 Å². The normalized spacial score (nSPS) is 15.1. The number of aromatic hydroxyl groups is 1. The minimum absolute atomic E-state index is 0.00248. The van der Waals surface area contributed by atoms with E-state index >= 15 is 0 Å². The van der Waals surface area contributed by atoms with E-state index in [2.05, 4.69) is 27.4 Å². The van der Waals surface area contributed by atoms with Crippen LogP contribution >= 0.6 is 23.4 Å². The van der Waals surface area contributed by atoms with E-state index in [0.29, 0.717) is 22.3 Å². The first-order chi connectivity index (χ1) is 13.2. The number of nitrogens with one attached hydrogen (secondary N) is 1. The van der Waals surface area contributed by atoms with Crippen LogP contribution in [0.25, 0.3) is 11.3 Å². The Kier molecular flexibility index (Phi) is 5.05. The SMILES string of the molecule is CCCSc1nnc2c(n1)OC(c1cccc(O)c1Cl)Nc1ccccc1-2. The number of nitrogens with zero attached hydrogens (tertiary/aromatic N) is 3. The van der Waals surface area contributed by atoms with Crippen LogP contribution in [0.4, 0.5) is 5.69 Å². The summed E-state index contributed by atoms with van der Waals surface area (Å²) in [6.07, 6.45) is 0.380. The number of aromatic nitrogens is 3. The minimum Gasteiger partial charge on any atom is -0.506 e. The summed E-state index contributed by atoms with van der Waals surface area (Å²) in [7, 11) is 0. The van der Waals surface area contributed by atoms with E-state index in [-0.39, 0.29) is 10.8 Å². The van der Waals surface area contributed by atoms with Crippen molar-refractivity contribution in [2.24, 2.45) is 0 Å². The number of para-hydroxylation sites is 1.